The summed E-state index contributed by atoms with van der Waals surface area (Å²) in [4.78, 5) is 27.6. The standard InChI is InChI=1S/C14H19ClN4O2/c1-18-6-8-19(9-7-18)13(20)10-16-14(21)17-12-4-2-11(15)3-5-12/h2-5H,6-10H2,1H3,(H2,16,17,21). The van der Waals surface area contributed by atoms with Crippen LogP contribution in [0.25, 0.3) is 0 Å². The molecule has 114 valence electrons. The Morgan fingerprint density at radius 3 is 2.38 bits per heavy atom. The Hall–Kier alpha value is -1.79. The van der Waals surface area contributed by atoms with Gasteiger partial charge < -0.3 is 20.4 Å². The summed E-state index contributed by atoms with van der Waals surface area (Å²) in [6, 6.07) is 6.37. The highest BCUT2D eigenvalue weighted by molar-refractivity contribution is 6.30. The number of halogens is 1. The molecule has 0 radical (unpaired) electrons. The van der Waals surface area contributed by atoms with Crippen LogP contribution < -0.4 is 10.6 Å². The maximum Gasteiger partial charge on any atom is 0.319 e. The Balaban J connectivity index is 1.73. The highest BCUT2D eigenvalue weighted by Crippen LogP contribution is 2.12. The third-order valence-corrected chi connectivity index (χ3v) is 3.61. The summed E-state index contributed by atoms with van der Waals surface area (Å²) in [5, 5.41) is 5.82. The highest BCUT2D eigenvalue weighted by Gasteiger charge is 2.19. The number of carbonyl (C=O) groups excluding carboxylic acids is 2. The van der Waals surface area contributed by atoms with E-state index in [1.807, 2.05) is 7.05 Å². The Bertz CT molecular complexity index is 498. The minimum absolute atomic E-state index is 0.00311. The Labute approximate surface area is 129 Å². The van der Waals surface area contributed by atoms with Crippen LogP contribution in [0.5, 0.6) is 0 Å². The van der Waals surface area contributed by atoms with Gasteiger partial charge in [0.15, 0.2) is 0 Å². The van der Waals surface area contributed by atoms with E-state index in [-0.39, 0.29) is 12.5 Å². The number of carbonyl (C=O) groups is 2. The summed E-state index contributed by atoms with van der Waals surface area (Å²) in [5.74, 6) is -0.0608. The van der Waals surface area contributed by atoms with Crippen molar-refractivity contribution in [2.24, 2.45) is 0 Å². The van der Waals surface area contributed by atoms with E-state index in [1.54, 1.807) is 29.2 Å². The van der Waals surface area contributed by atoms with Gasteiger partial charge in [-0.1, -0.05) is 11.6 Å². The zero-order valence-electron chi connectivity index (χ0n) is 11.9. The molecule has 0 unspecified atom stereocenters. The van der Waals surface area contributed by atoms with Crippen molar-refractivity contribution >= 4 is 29.2 Å². The van der Waals surface area contributed by atoms with Crippen molar-refractivity contribution in [3.05, 3.63) is 29.3 Å². The number of nitrogens with one attached hydrogen (secondary N) is 2. The maximum atomic E-state index is 12.0. The average Bonchev–Trinajstić information content (AvgIpc) is 2.48. The van der Waals surface area contributed by atoms with Crippen LogP contribution >= 0.6 is 11.6 Å². The molecule has 2 N–H and O–H groups in total. The first-order valence-corrected chi connectivity index (χ1v) is 7.19. The van der Waals surface area contributed by atoms with E-state index in [0.717, 1.165) is 13.1 Å². The predicted octanol–water partition coefficient (Wildman–Crippen LogP) is 1.24. The molecule has 2 rings (SSSR count). The van der Waals surface area contributed by atoms with Gasteiger partial charge in [-0.3, -0.25) is 4.79 Å². The highest BCUT2D eigenvalue weighted by atomic mass is 35.5. The number of benzene rings is 1. The molecule has 1 saturated heterocycles. The number of hydrogen-bond donors (Lipinski definition) is 2. The quantitative estimate of drug-likeness (QED) is 0.883. The van der Waals surface area contributed by atoms with Crippen LogP contribution in [-0.2, 0) is 4.79 Å². The van der Waals surface area contributed by atoms with E-state index in [0.29, 0.717) is 23.8 Å². The second-order valence-corrected chi connectivity index (χ2v) is 5.44. The second kappa shape index (κ2) is 7.28. The third-order valence-electron chi connectivity index (χ3n) is 3.36. The van der Waals surface area contributed by atoms with Crippen LogP contribution in [0.4, 0.5) is 10.5 Å². The molecule has 1 heterocycles. The van der Waals surface area contributed by atoms with Crippen LogP contribution in [0.15, 0.2) is 24.3 Å². The fourth-order valence-electron chi connectivity index (χ4n) is 2.03. The second-order valence-electron chi connectivity index (χ2n) is 5.00. The van der Waals surface area contributed by atoms with Crippen LogP contribution in [0.2, 0.25) is 5.02 Å². The van der Waals surface area contributed by atoms with E-state index >= 15 is 0 Å². The first-order chi connectivity index (χ1) is 10.0. The molecule has 0 bridgehead atoms. The third kappa shape index (κ3) is 4.91. The van der Waals surface area contributed by atoms with Crippen molar-refractivity contribution in [1.29, 1.82) is 0 Å². The van der Waals surface area contributed by atoms with Crippen LogP contribution in [-0.4, -0.2) is 61.5 Å². The van der Waals surface area contributed by atoms with Gasteiger partial charge in [-0.15, -0.1) is 0 Å². The van der Waals surface area contributed by atoms with E-state index in [1.165, 1.54) is 0 Å². The van der Waals surface area contributed by atoms with Crippen LogP contribution in [0.3, 0.4) is 0 Å². The van der Waals surface area contributed by atoms with Crippen molar-refractivity contribution in [1.82, 2.24) is 15.1 Å². The molecule has 6 nitrogen and oxygen atoms in total. The number of urea groups is 1. The van der Waals surface area contributed by atoms with Gasteiger partial charge in [0.25, 0.3) is 0 Å². The fourth-order valence-corrected chi connectivity index (χ4v) is 2.16. The molecule has 1 aliphatic rings. The lowest BCUT2D eigenvalue weighted by Crippen LogP contribution is -2.50. The number of hydrogen-bond acceptors (Lipinski definition) is 3. The summed E-state index contributed by atoms with van der Waals surface area (Å²) >= 11 is 5.77. The molecular weight excluding hydrogens is 292 g/mol. The zero-order valence-corrected chi connectivity index (χ0v) is 12.7. The summed E-state index contributed by atoms with van der Waals surface area (Å²) in [6.45, 7) is 3.14. The molecule has 0 atom stereocenters. The average molecular weight is 311 g/mol. The van der Waals surface area contributed by atoms with Gasteiger partial charge in [0.05, 0.1) is 6.54 Å². The topological polar surface area (TPSA) is 64.7 Å². The molecular formula is C14H19ClN4O2. The van der Waals surface area contributed by atoms with Crippen molar-refractivity contribution in [3.8, 4) is 0 Å². The fraction of sp³-hybridized carbons (Fsp3) is 0.429. The predicted molar refractivity (Wildman–Crippen MR) is 82.6 cm³/mol. The molecule has 1 fully saturated rings. The largest absolute Gasteiger partial charge is 0.339 e. The van der Waals surface area contributed by atoms with Crippen molar-refractivity contribution < 1.29 is 9.59 Å². The molecule has 21 heavy (non-hydrogen) atoms. The number of piperazine rings is 1. The van der Waals surface area contributed by atoms with Gasteiger partial charge in [0.1, 0.15) is 0 Å². The minimum Gasteiger partial charge on any atom is -0.339 e. The van der Waals surface area contributed by atoms with E-state index in [2.05, 4.69) is 15.5 Å². The number of rotatable bonds is 3. The molecule has 7 heteroatoms. The lowest BCUT2D eigenvalue weighted by atomic mass is 10.3. The zero-order chi connectivity index (χ0) is 15.2. The molecule has 0 aromatic heterocycles. The molecule has 1 aromatic rings. The van der Waals surface area contributed by atoms with Gasteiger partial charge in [-0.2, -0.15) is 0 Å². The van der Waals surface area contributed by atoms with Crippen molar-refractivity contribution in [2.75, 3.05) is 45.1 Å². The number of likely N-dealkylation sites (N-methyl/N-ethyl adjacent to an activating group) is 1. The molecule has 1 aromatic carbocycles. The SMILES string of the molecule is CN1CCN(C(=O)CNC(=O)Nc2ccc(Cl)cc2)CC1. The lowest BCUT2D eigenvalue weighted by molar-refractivity contribution is -0.131. The molecule has 0 aliphatic carbocycles. The van der Waals surface area contributed by atoms with Gasteiger partial charge in [-0.25, -0.2) is 4.79 Å². The number of amides is 3. The molecule has 3 amide bonds. The van der Waals surface area contributed by atoms with Crippen molar-refractivity contribution in [2.45, 2.75) is 0 Å². The van der Waals surface area contributed by atoms with Crippen molar-refractivity contribution in [3.63, 3.8) is 0 Å². The van der Waals surface area contributed by atoms with E-state index < -0.39 is 6.03 Å². The summed E-state index contributed by atoms with van der Waals surface area (Å²) in [5.41, 5.74) is 0.629. The molecule has 0 spiro atoms. The molecule has 1 aliphatic heterocycles. The first-order valence-electron chi connectivity index (χ1n) is 6.81. The monoisotopic (exact) mass is 310 g/mol. The first kappa shape index (κ1) is 15.6. The van der Waals surface area contributed by atoms with Gasteiger partial charge in [-0.05, 0) is 31.3 Å². The lowest BCUT2D eigenvalue weighted by Gasteiger charge is -2.32. The van der Waals surface area contributed by atoms with E-state index in [9.17, 15) is 9.59 Å². The maximum absolute atomic E-state index is 12.0. The normalized spacial score (nSPS) is 15.6. The Morgan fingerprint density at radius 2 is 1.76 bits per heavy atom. The van der Waals surface area contributed by atoms with Gasteiger partial charge in [0, 0.05) is 36.9 Å². The van der Waals surface area contributed by atoms with Crippen LogP contribution in [0.1, 0.15) is 0 Å². The van der Waals surface area contributed by atoms with Gasteiger partial charge >= 0.3 is 6.03 Å². The van der Waals surface area contributed by atoms with Gasteiger partial charge in [0.2, 0.25) is 5.91 Å². The van der Waals surface area contributed by atoms with E-state index in [4.69, 9.17) is 11.6 Å². The summed E-state index contributed by atoms with van der Waals surface area (Å²) in [7, 11) is 2.03. The smallest absolute Gasteiger partial charge is 0.319 e. The van der Waals surface area contributed by atoms with Crippen LogP contribution in [0, 0.1) is 0 Å². The Morgan fingerprint density at radius 1 is 1.14 bits per heavy atom. The minimum atomic E-state index is -0.403. The number of anilines is 1. The Kier molecular flexibility index (Phi) is 5.41. The summed E-state index contributed by atoms with van der Waals surface area (Å²) < 4.78 is 0. The molecule has 0 saturated carbocycles. The summed E-state index contributed by atoms with van der Waals surface area (Å²) in [6.07, 6.45) is 0. The number of nitrogens with zero attached hydrogens (tertiary/aromatic N) is 2.